The predicted octanol–water partition coefficient (Wildman–Crippen LogP) is 4.20. The maximum Gasteiger partial charge on any atom is 0.261 e. The normalized spacial score (nSPS) is 11.6. The summed E-state index contributed by atoms with van der Waals surface area (Å²) in [4.78, 5) is 12.4. The smallest absolute Gasteiger partial charge is 0.261 e. The zero-order valence-electron chi connectivity index (χ0n) is 16.2. The van der Waals surface area contributed by atoms with Crippen LogP contribution in [0.2, 0.25) is 0 Å². The lowest BCUT2D eigenvalue weighted by Gasteiger charge is -2.17. The summed E-state index contributed by atoms with van der Waals surface area (Å²) in [5.41, 5.74) is 0. The number of carbonyl (C=O) groups excluding carboxylic acids is 1. The maximum atomic E-state index is 12.4. The van der Waals surface area contributed by atoms with Crippen LogP contribution >= 0.6 is 0 Å². The van der Waals surface area contributed by atoms with Gasteiger partial charge in [-0.3, -0.25) is 4.79 Å². The van der Waals surface area contributed by atoms with Crippen LogP contribution in [-0.2, 0) is 4.79 Å². The van der Waals surface area contributed by atoms with Crippen molar-refractivity contribution in [3.8, 4) is 17.2 Å². The second-order valence-corrected chi connectivity index (χ2v) is 6.31. The fraction of sp³-hybridized carbons (Fsp3) is 0.261. The average molecular weight is 379 g/mol. The van der Waals surface area contributed by atoms with Crippen LogP contribution in [0.25, 0.3) is 10.8 Å². The molecule has 5 heteroatoms. The summed E-state index contributed by atoms with van der Waals surface area (Å²) >= 11 is 0. The second-order valence-electron chi connectivity index (χ2n) is 6.31. The highest BCUT2D eigenvalue weighted by Crippen LogP contribution is 2.25. The van der Waals surface area contributed by atoms with Gasteiger partial charge in [0.1, 0.15) is 23.9 Å². The number of ether oxygens (including phenoxy) is 3. The number of rotatable bonds is 9. The zero-order chi connectivity index (χ0) is 19.8. The Morgan fingerprint density at radius 2 is 1.68 bits per heavy atom. The molecule has 3 aromatic rings. The number of fused-ring (bicyclic) bond motifs is 1. The van der Waals surface area contributed by atoms with E-state index in [4.69, 9.17) is 14.2 Å². The Hall–Kier alpha value is -3.21. The molecular formula is C23H25NO4. The first kappa shape index (κ1) is 19.5. The molecule has 0 fully saturated rings. The van der Waals surface area contributed by atoms with Gasteiger partial charge in [-0.15, -0.1) is 0 Å². The third kappa shape index (κ3) is 4.94. The van der Waals surface area contributed by atoms with Crippen LogP contribution in [0, 0.1) is 0 Å². The van der Waals surface area contributed by atoms with Gasteiger partial charge in [0.05, 0.1) is 13.7 Å². The van der Waals surface area contributed by atoms with E-state index >= 15 is 0 Å². The molecule has 0 saturated carbocycles. The van der Waals surface area contributed by atoms with Gasteiger partial charge in [-0.05, 0) is 42.1 Å². The van der Waals surface area contributed by atoms with Crippen molar-refractivity contribution in [2.75, 3.05) is 20.3 Å². The van der Waals surface area contributed by atoms with E-state index in [-0.39, 0.29) is 5.91 Å². The van der Waals surface area contributed by atoms with E-state index in [0.717, 1.165) is 22.3 Å². The summed E-state index contributed by atoms with van der Waals surface area (Å²) < 4.78 is 16.8. The minimum atomic E-state index is -0.550. The number of nitrogens with one attached hydrogen (secondary N) is 1. The molecule has 0 aliphatic rings. The highest BCUT2D eigenvalue weighted by atomic mass is 16.5. The van der Waals surface area contributed by atoms with Crippen molar-refractivity contribution < 1.29 is 19.0 Å². The Morgan fingerprint density at radius 3 is 2.43 bits per heavy atom. The Morgan fingerprint density at radius 1 is 0.964 bits per heavy atom. The molecule has 0 spiro atoms. The molecule has 3 aromatic carbocycles. The Kier molecular flexibility index (Phi) is 6.73. The lowest BCUT2D eigenvalue weighted by atomic mass is 10.1. The first-order valence-electron chi connectivity index (χ1n) is 9.40. The predicted molar refractivity (Wildman–Crippen MR) is 110 cm³/mol. The van der Waals surface area contributed by atoms with E-state index in [2.05, 4.69) is 5.32 Å². The average Bonchev–Trinajstić information content (AvgIpc) is 2.75. The maximum absolute atomic E-state index is 12.4. The van der Waals surface area contributed by atoms with E-state index < -0.39 is 6.10 Å². The molecule has 0 aromatic heterocycles. The minimum Gasteiger partial charge on any atom is -0.497 e. The van der Waals surface area contributed by atoms with Crippen LogP contribution in [0.5, 0.6) is 17.2 Å². The van der Waals surface area contributed by atoms with Gasteiger partial charge in [0.15, 0.2) is 6.10 Å². The van der Waals surface area contributed by atoms with Crippen molar-refractivity contribution in [1.29, 1.82) is 0 Å². The van der Waals surface area contributed by atoms with Crippen LogP contribution in [0.15, 0.2) is 66.7 Å². The molecule has 3 rings (SSSR count). The lowest BCUT2D eigenvalue weighted by molar-refractivity contribution is -0.128. The summed E-state index contributed by atoms with van der Waals surface area (Å²) in [5, 5.41) is 5.07. The van der Waals surface area contributed by atoms with Gasteiger partial charge >= 0.3 is 0 Å². The molecular weight excluding hydrogens is 354 g/mol. The Bertz CT molecular complexity index is 903. The van der Waals surface area contributed by atoms with E-state index in [1.165, 1.54) is 0 Å². The molecule has 0 saturated heterocycles. The van der Waals surface area contributed by atoms with E-state index in [1.54, 1.807) is 31.4 Å². The number of amides is 1. The molecule has 1 N–H and O–H groups in total. The number of hydrogen-bond acceptors (Lipinski definition) is 4. The molecule has 0 bridgehead atoms. The summed E-state index contributed by atoms with van der Waals surface area (Å²) in [6.07, 6.45) is 0.0214. The first-order valence-corrected chi connectivity index (χ1v) is 9.40. The van der Waals surface area contributed by atoms with Crippen molar-refractivity contribution in [1.82, 2.24) is 5.32 Å². The summed E-state index contributed by atoms with van der Waals surface area (Å²) in [6, 6.07) is 21.2. The van der Waals surface area contributed by atoms with Crippen LogP contribution < -0.4 is 19.5 Å². The molecule has 28 heavy (non-hydrogen) atoms. The van der Waals surface area contributed by atoms with E-state index in [9.17, 15) is 4.79 Å². The molecule has 1 unspecified atom stereocenters. The number of hydrogen-bond donors (Lipinski definition) is 1. The highest BCUT2D eigenvalue weighted by molar-refractivity contribution is 5.88. The molecule has 0 radical (unpaired) electrons. The summed E-state index contributed by atoms with van der Waals surface area (Å²) in [5.74, 6) is 2.04. The topological polar surface area (TPSA) is 56.8 Å². The molecule has 1 atom stereocenters. The molecule has 0 aliphatic carbocycles. The van der Waals surface area contributed by atoms with Gasteiger partial charge < -0.3 is 19.5 Å². The number of benzene rings is 3. The standard InChI is InChI=1S/C23H25NO4/c1-3-21(28-19-13-11-18(26-2)12-14-19)23(25)24-15-16-27-22-10-6-8-17-7-4-5-9-20(17)22/h4-14,21H,3,15-16H2,1-2H3,(H,24,25). The van der Waals surface area contributed by atoms with Crippen molar-refractivity contribution in [2.24, 2.45) is 0 Å². The first-order chi connectivity index (χ1) is 13.7. The van der Waals surface area contributed by atoms with Gasteiger partial charge in [0.25, 0.3) is 5.91 Å². The molecule has 0 heterocycles. The Labute approximate surface area is 165 Å². The van der Waals surface area contributed by atoms with Crippen molar-refractivity contribution >= 4 is 16.7 Å². The second kappa shape index (κ2) is 9.65. The zero-order valence-corrected chi connectivity index (χ0v) is 16.2. The monoisotopic (exact) mass is 379 g/mol. The Balaban J connectivity index is 1.49. The fourth-order valence-corrected chi connectivity index (χ4v) is 2.91. The molecule has 1 amide bonds. The fourth-order valence-electron chi connectivity index (χ4n) is 2.91. The van der Waals surface area contributed by atoms with Crippen molar-refractivity contribution in [3.63, 3.8) is 0 Å². The summed E-state index contributed by atoms with van der Waals surface area (Å²) in [7, 11) is 1.61. The third-order valence-corrected chi connectivity index (χ3v) is 4.41. The largest absolute Gasteiger partial charge is 0.497 e. The van der Waals surface area contributed by atoms with Gasteiger partial charge in [-0.25, -0.2) is 0 Å². The molecule has 0 aliphatic heterocycles. The van der Waals surface area contributed by atoms with Crippen LogP contribution in [-0.4, -0.2) is 32.3 Å². The third-order valence-electron chi connectivity index (χ3n) is 4.41. The van der Waals surface area contributed by atoms with Gasteiger partial charge in [-0.2, -0.15) is 0 Å². The van der Waals surface area contributed by atoms with E-state index in [0.29, 0.717) is 25.3 Å². The van der Waals surface area contributed by atoms with Gasteiger partial charge in [-0.1, -0.05) is 43.3 Å². The molecule has 146 valence electrons. The lowest BCUT2D eigenvalue weighted by Crippen LogP contribution is -2.39. The number of carbonyl (C=O) groups is 1. The van der Waals surface area contributed by atoms with Crippen LogP contribution in [0.3, 0.4) is 0 Å². The summed E-state index contributed by atoms with van der Waals surface area (Å²) in [6.45, 7) is 2.71. The van der Waals surface area contributed by atoms with E-state index in [1.807, 2.05) is 49.4 Å². The quantitative estimate of drug-likeness (QED) is 0.566. The minimum absolute atomic E-state index is 0.153. The van der Waals surface area contributed by atoms with Gasteiger partial charge in [0, 0.05) is 5.39 Å². The van der Waals surface area contributed by atoms with Crippen molar-refractivity contribution in [3.05, 3.63) is 66.7 Å². The van der Waals surface area contributed by atoms with Crippen LogP contribution in [0.1, 0.15) is 13.3 Å². The van der Waals surface area contributed by atoms with Crippen LogP contribution in [0.4, 0.5) is 0 Å². The van der Waals surface area contributed by atoms with Gasteiger partial charge in [0.2, 0.25) is 0 Å². The number of methoxy groups -OCH3 is 1. The highest BCUT2D eigenvalue weighted by Gasteiger charge is 2.18. The van der Waals surface area contributed by atoms with Crippen molar-refractivity contribution in [2.45, 2.75) is 19.4 Å². The molecule has 5 nitrogen and oxygen atoms in total. The SMILES string of the molecule is CCC(Oc1ccc(OC)cc1)C(=O)NCCOc1cccc2ccccc12.